The van der Waals surface area contributed by atoms with Crippen molar-refractivity contribution in [2.45, 2.75) is 50.6 Å². The minimum atomic E-state index is -1.69. The van der Waals surface area contributed by atoms with E-state index in [1.165, 1.54) is 12.8 Å². The number of hydrogen-bond donors (Lipinski definition) is 1. The summed E-state index contributed by atoms with van der Waals surface area (Å²) in [6.45, 7) is 2.77. The molecule has 3 atom stereocenters. The Morgan fingerprint density at radius 2 is 1.78 bits per heavy atom. The van der Waals surface area contributed by atoms with Gasteiger partial charge in [-0.2, -0.15) is 0 Å². The quantitative estimate of drug-likeness (QED) is 0.551. The molecule has 3 heterocycles. The zero-order valence-electron chi connectivity index (χ0n) is 18.0. The zero-order chi connectivity index (χ0) is 23.0. The standard InChI is InChI=1S/C22H27F3N4O3/c1-27(12-13-5-4-8-28-7-3-2-6-18(13)28)19(30)11-17-21(31)29(22(32)26-17)14-9-15(23)20(25)16(24)10-14/h9-10,13,17-18H,2-8,11-12H2,1H3,(H,26,32)/t13-,17-,18-/m0/s1. The molecule has 3 aliphatic heterocycles. The Kier molecular flexibility index (Phi) is 6.41. The topological polar surface area (TPSA) is 73.0 Å². The Morgan fingerprint density at radius 3 is 2.50 bits per heavy atom. The summed E-state index contributed by atoms with van der Waals surface area (Å²) in [5.74, 6) is -5.44. The van der Waals surface area contributed by atoms with Gasteiger partial charge in [-0.15, -0.1) is 0 Å². The van der Waals surface area contributed by atoms with E-state index in [0.717, 1.165) is 32.4 Å². The smallest absolute Gasteiger partial charge is 0.329 e. The van der Waals surface area contributed by atoms with Gasteiger partial charge in [0.15, 0.2) is 17.5 Å². The van der Waals surface area contributed by atoms with Crippen molar-refractivity contribution in [2.75, 3.05) is 31.6 Å². The number of benzene rings is 1. The van der Waals surface area contributed by atoms with Crippen LogP contribution in [0.3, 0.4) is 0 Å². The molecule has 0 aliphatic carbocycles. The predicted molar refractivity (Wildman–Crippen MR) is 110 cm³/mol. The molecule has 3 aliphatic rings. The van der Waals surface area contributed by atoms with Crippen LogP contribution in [0.2, 0.25) is 0 Å². The van der Waals surface area contributed by atoms with Gasteiger partial charge in [0.1, 0.15) is 6.04 Å². The SMILES string of the molecule is CN(C[C@@H]1CCCN2CCCC[C@@H]12)C(=O)C[C@@H]1NC(=O)N(c2cc(F)c(F)c(F)c2)C1=O. The van der Waals surface area contributed by atoms with Crippen molar-refractivity contribution in [3.8, 4) is 0 Å². The minimum absolute atomic E-state index is 0.259. The second-order valence-electron chi connectivity index (χ2n) is 8.88. The molecule has 3 saturated heterocycles. The maximum absolute atomic E-state index is 13.6. The fourth-order valence-corrected chi connectivity index (χ4v) is 5.16. The van der Waals surface area contributed by atoms with Crippen molar-refractivity contribution in [3.05, 3.63) is 29.6 Å². The third-order valence-electron chi connectivity index (χ3n) is 6.79. The molecule has 3 fully saturated rings. The number of amides is 4. The third kappa shape index (κ3) is 4.32. The van der Waals surface area contributed by atoms with Crippen molar-refractivity contribution in [1.29, 1.82) is 0 Å². The Labute approximate surface area is 184 Å². The van der Waals surface area contributed by atoms with Crippen molar-refractivity contribution < 1.29 is 27.6 Å². The Morgan fingerprint density at radius 1 is 1.09 bits per heavy atom. The first-order valence-corrected chi connectivity index (χ1v) is 11.0. The number of piperidine rings is 2. The van der Waals surface area contributed by atoms with Crippen LogP contribution in [0.4, 0.5) is 23.7 Å². The summed E-state index contributed by atoms with van der Waals surface area (Å²) in [4.78, 5) is 42.4. The number of urea groups is 1. The van der Waals surface area contributed by atoms with E-state index in [4.69, 9.17) is 0 Å². The van der Waals surface area contributed by atoms with Gasteiger partial charge in [0, 0.05) is 31.8 Å². The largest absolute Gasteiger partial charge is 0.345 e. The molecule has 0 radical (unpaired) electrons. The first-order chi connectivity index (χ1) is 15.3. The molecule has 10 heteroatoms. The van der Waals surface area contributed by atoms with E-state index in [1.54, 1.807) is 11.9 Å². The van der Waals surface area contributed by atoms with Gasteiger partial charge in [-0.05, 0) is 44.7 Å². The molecule has 0 aromatic heterocycles. The molecule has 0 unspecified atom stereocenters. The lowest BCUT2D eigenvalue weighted by atomic mass is 9.83. The first-order valence-electron chi connectivity index (χ1n) is 11.0. The zero-order valence-corrected chi connectivity index (χ0v) is 18.0. The molecule has 4 amide bonds. The van der Waals surface area contributed by atoms with E-state index in [-0.39, 0.29) is 12.3 Å². The highest BCUT2D eigenvalue weighted by Crippen LogP contribution is 2.31. The first kappa shape index (κ1) is 22.6. The van der Waals surface area contributed by atoms with Gasteiger partial charge in [0.05, 0.1) is 12.1 Å². The average molecular weight is 452 g/mol. The molecule has 1 aromatic rings. The minimum Gasteiger partial charge on any atom is -0.345 e. The lowest BCUT2D eigenvalue weighted by molar-refractivity contribution is -0.133. The molecular formula is C22H27F3N4O3. The van der Waals surface area contributed by atoms with Gasteiger partial charge in [-0.25, -0.2) is 22.9 Å². The maximum atomic E-state index is 13.6. The summed E-state index contributed by atoms with van der Waals surface area (Å²) >= 11 is 0. The molecule has 4 rings (SSSR count). The molecule has 0 bridgehead atoms. The van der Waals surface area contributed by atoms with Gasteiger partial charge in [0.2, 0.25) is 5.91 Å². The Hall–Kier alpha value is -2.62. The van der Waals surface area contributed by atoms with Crippen LogP contribution in [0.5, 0.6) is 0 Å². The second-order valence-corrected chi connectivity index (χ2v) is 8.88. The number of halogens is 3. The van der Waals surface area contributed by atoms with Gasteiger partial charge in [0.25, 0.3) is 5.91 Å². The summed E-state index contributed by atoms with van der Waals surface area (Å²) in [5.41, 5.74) is -0.424. The number of carbonyl (C=O) groups excluding carboxylic acids is 3. The fourth-order valence-electron chi connectivity index (χ4n) is 5.16. The summed E-state index contributed by atoms with van der Waals surface area (Å²) in [7, 11) is 1.69. The molecule has 0 saturated carbocycles. The molecule has 32 heavy (non-hydrogen) atoms. The van der Waals surface area contributed by atoms with E-state index in [2.05, 4.69) is 10.2 Å². The van der Waals surface area contributed by atoms with E-state index < -0.39 is 41.1 Å². The number of imide groups is 1. The molecule has 0 spiro atoms. The van der Waals surface area contributed by atoms with Crippen LogP contribution in [0.25, 0.3) is 0 Å². The molecule has 174 valence electrons. The summed E-state index contributed by atoms with van der Waals surface area (Å²) in [6, 6.07) is -0.437. The second kappa shape index (κ2) is 9.09. The van der Waals surface area contributed by atoms with Crippen LogP contribution in [0.1, 0.15) is 38.5 Å². The summed E-state index contributed by atoms with van der Waals surface area (Å²) in [5, 5.41) is 2.38. The van der Waals surface area contributed by atoms with Crippen molar-refractivity contribution in [3.63, 3.8) is 0 Å². The number of rotatable bonds is 5. The number of fused-ring (bicyclic) bond motifs is 1. The number of nitrogens with zero attached hydrogens (tertiary/aromatic N) is 3. The van der Waals surface area contributed by atoms with Crippen molar-refractivity contribution in [1.82, 2.24) is 15.1 Å². The van der Waals surface area contributed by atoms with Gasteiger partial charge in [-0.3, -0.25) is 9.59 Å². The van der Waals surface area contributed by atoms with E-state index >= 15 is 0 Å². The van der Waals surface area contributed by atoms with Crippen molar-refractivity contribution >= 4 is 23.5 Å². The average Bonchev–Trinajstić information content (AvgIpc) is 3.04. The van der Waals surface area contributed by atoms with E-state index in [0.29, 0.717) is 35.5 Å². The fraction of sp³-hybridized carbons (Fsp3) is 0.591. The van der Waals surface area contributed by atoms with Crippen LogP contribution in [0.15, 0.2) is 12.1 Å². The Bertz CT molecular complexity index is 903. The highest BCUT2D eigenvalue weighted by atomic mass is 19.2. The summed E-state index contributed by atoms with van der Waals surface area (Å²) < 4.78 is 40.3. The van der Waals surface area contributed by atoms with Gasteiger partial charge >= 0.3 is 6.03 Å². The van der Waals surface area contributed by atoms with E-state index in [1.807, 2.05) is 0 Å². The van der Waals surface area contributed by atoms with Crippen molar-refractivity contribution in [2.24, 2.45) is 5.92 Å². The highest BCUT2D eigenvalue weighted by Gasteiger charge is 2.41. The van der Waals surface area contributed by atoms with Crippen LogP contribution in [-0.4, -0.2) is 66.4 Å². The molecular weight excluding hydrogens is 425 g/mol. The van der Waals surface area contributed by atoms with Gasteiger partial charge in [-0.1, -0.05) is 6.42 Å². The highest BCUT2D eigenvalue weighted by molar-refractivity contribution is 6.22. The normalized spacial score (nSPS) is 26.1. The predicted octanol–water partition coefficient (Wildman–Crippen LogP) is 2.64. The van der Waals surface area contributed by atoms with Crippen LogP contribution >= 0.6 is 0 Å². The van der Waals surface area contributed by atoms with E-state index in [9.17, 15) is 27.6 Å². The maximum Gasteiger partial charge on any atom is 0.329 e. The van der Waals surface area contributed by atoms with Crippen LogP contribution < -0.4 is 10.2 Å². The number of hydrogen-bond acceptors (Lipinski definition) is 4. The summed E-state index contributed by atoms with van der Waals surface area (Å²) in [6.07, 6.45) is 5.42. The number of nitrogens with one attached hydrogen (secondary N) is 1. The van der Waals surface area contributed by atoms with Crippen LogP contribution in [-0.2, 0) is 9.59 Å². The molecule has 1 aromatic carbocycles. The molecule has 7 nitrogen and oxygen atoms in total. The lowest BCUT2D eigenvalue weighted by Gasteiger charge is -2.45. The number of carbonyl (C=O) groups is 3. The molecule has 1 N–H and O–H groups in total. The monoisotopic (exact) mass is 452 g/mol. The number of anilines is 1. The third-order valence-corrected chi connectivity index (χ3v) is 6.79. The Balaban J connectivity index is 1.39. The van der Waals surface area contributed by atoms with Crippen LogP contribution in [0, 0.1) is 23.4 Å². The lowest BCUT2D eigenvalue weighted by Crippen LogP contribution is -2.51. The van der Waals surface area contributed by atoms with Gasteiger partial charge < -0.3 is 15.1 Å².